The Morgan fingerprint density at radius 3 is 2.39 bits per heavy atom. The minimum absolute atomic E-state index is 0.419. The van der Waals surface area contributed by atoms with E-state index in [9.17, 15) is 0 Å². The summed E-state index contributed by atoms with van der Waals surface area (Å²) in [5.41, 5.74) is 2.06. The zero-order valence-electron chi connectivity index (χ0n) is 12.9. The summed E-state index contributed by atoms with van der Waals surface area (Å²) in [6.07, 6.45) is 3.55. The smallest absolute Gasteiger partial charge is 0.179 e. The van der Waals surface area contributed by atoms with Crippen molar-refractivity contribution >= 4 is 34.5 Å². The van der Waals surface area contributed by atoms with Crippen molar-refractivity contribution in [2.24, 2.45) is 10.9 Å². The fraction of sp³-hybridized carbons (Fsp3) is 0.263. The van der Waals surface area contributed by atoms with Crippen LogP contribution in [0.5, 0.6) is 0 Å². The minimum atomic E-state index is 0.419. The van der Waals surface area contributed by atoms with Crippen LogP contribution in [-0.4, -0.2) is 17.0 Å². The van der Waals surface area contributed by atoms with Crippen LogP contribution in [0.4, 0.5) is 11.4 Å². The Morgan fingerprint density at radius 2 is 1.65 bits per heavy atom. The Hall–Kier alpha value is -2.20. The Morgan fingerprint density at radius 1 is 0.957 bits per heavy atom. The molecule has 0 radical (unpaired) electrons. The van der Waals surface area contributed by atoms with Gasteiger partial charge in [0.15, 0.2) is 5.11 Å². The van der Waals surface area contributed by atoms with E-state index < -0.39 is 0 Å². The van der Waals surface area contributed by atoms with Crippen LogP contribution in [0.1, 0.15) is 19.3 Å². The molecule has 1 saturated carbocycles. The second-order valence-corrected chi connectivity index (χ2v) is 6.46. The van der Waals surface area contributed by atoms with Gasteiger partial charge in [0.25, 0.3) is 0 Å². The van der Waals surface area contributed by atoms with Gasteiger partial charge >= 0.3 is 0 Å². The Labute approximate surface area is 142 Å². The van der Waals surface area contributed by atoms with E-state index >= 15 is 0 Å². The Bertz CT molecular complexity index is 727. The highest BCUT2D eigenvalue weighted by atomic mass is 32.1. The van der Waals surface area contributed by atoms with Crippen LogP contribution >= 0.6 is 12.2 Å². The van der Waals surface area contributed by atoms with Crippen molar-refractivity contribution in [3.8, 4) is 0 Å². The number of nitrogens with zero attached hydrogens (tertiary/aromatic N) is 2. The first-order valence-corrected chi connectivity index (χ1v) is 8.53. The third-order valence-electron chi connectivity index (χ3n) is 4.60. The molecule has 2 aromatic carbocycles. The second-order valence-electron chi connectivity index (χ2n) is 6.07. The summed E-state index contributed by atoms with van der Waals surface area (Å²) in [6, 6.07) is 20.9. The topological polar surface area (TPSA) is 27.6 Å². The van der Waals surface area contributed by atoms with Crippen LogP contribution in [0.2, 0.25) is 0 Å². The summed E-state index contributed by atoms with van der Waals surface area (Å²) in [4.78, 5) is 7.09. The molecule has 2 aliphatic rings. The lowest BCUT2D eigenvalue weighted by Crippen LogP contribution is -2.58. The fourth-order valence-electron chi connectivity index (χ4n) is 3.53. The van der Waals surface area contributed by atoms with Gasteiger partial charge in [-0.3, -0.25) is 4.90 Å². The van der Waals surface area contributed by atoms with E-state index in [-0.39, 0.29) is 0 Å². The molecule has 2 fully saturated rings. The quantitative estimate of drug-likeness (QED) is 0.837. The number of amidine groups is 1. The molecule has 4 heteroatoms. The first-order valence-electron chi connectivity index (χ1n) is 8.12. The molecular weight excluding hydrogens is 302 g/mol. The van der Waals surface area contributed by atoms with Gasteiger partial charge in [0.2, 0.25) is 0 Å². The second kappa shape index (κ2) is 6.13. The first kappa shape index (κ1) is 14.4. The summed E-state index contributed by atoms with van der Waals surface area (Å²) in [7, 11) is 0. The van der Waals surface area contributed by atoms with Crippen LogP contribution in [-0.2, 0) is 0 Å². The molecule has 116 valence electrons. The van der Waals surface area contributed by atoms with E-state index in [4.69, 9.17) is 17.2 Å². The Kier molecular flexibility index (Phi) is 3.83. The summed E-state index contributed by atoms with van der Waals surface area (Å²) < 4.78 is 0. The molecule has 1 aliphatic carbocycles. The molecule has 4 rings (SSSR count). The zero-order chi connectivity index (χ0) is 15.6. The van der Waals surface area contributed by atoms with Gasteiger partial charge in [-0.2, -0.15) is 0 Å². The molecule has 2 atom stereocenters. The van der Waals surface area contributed by atoms with E-state index in [1.54, 1.807) is 0 Å². The largest absolute Gasteiger partial charge is 0.358 e. The van der Waals surface area contributed by atoms with Crippen molar-refractivity contribution in [3.05, 3.63) is 60.7 Å². The molecule has 3 nitrogen and oxygen atoms in total. The molecule has 23 heavy (non-hydrogen) atoms. The lowest BCUT2D eigenvalue weighted by atomic mass is 9.98. The number of thiocarbonyl (C=S) groups is 1. The number of anilines is 1. The van der Waals surface area contributed by atoms with Gasteiger partial charge in [-0.15, -0.1) is 0 Å². The minimum Gasteiger partial charge on any atom is -0.358 e. The summed E-state index contributed by atoms with van der Waals surface area (Å²) in [5.74, 6) is 1.50. The van der Waals surface area contributed by atoms with Gasteiger partial charge < -0.3 is 5.32 Å². The maximum Gasteiger partial charge on any atom is 0.179 e. The van der Waals surface area contributed by atoms with E-state index in [2.05, 4.69) is 22.3 Å². The summed E-state index contributed by atoms with van der Waals surface area (Å²) in [6.45, 7) is 0. The predicted octanol–water partition coefficient (Wildman–Crippen LogP) is 4.28. The third kappa shape index (κ3) is 2.75. The normalized spacial score (nSPS) is 25.3. The highest BCUT2D eigenvalue weighted by Gasteiger charge is 2.40. The maximum absolute atomic E-state index is 5.66. The van der Waals surface area contributed by atoms with Crippen molar-refractivity contribution < 1.29 is 0 Å². The number of nitrogens with one attached hydrogen (secondary N) is 1. The van der Waals surface area contributed by atoms with E-state index in [0.717, 1.165) is 28.7 Å². The lowest BCUT2D eigenvalue weighted by Gasteiger charge is -2.39. The summed E-state index contributed by atoms with van der Waals surface area (Å²) >= 11 is 5.66. The summed E-state index contributed by atoms with van der Waals surface area (Å²) in [5, 5.41) is 4.28. The molecule has 0 spiro atoms. The monoisotopic (exact) mass is 321 g/mol. The highest BCUT2D eigenvalue weighted by molar-refractivity contribution is 7.80. The van der Waals surface area contributed by atoms with E-state index in [1.165, 1.54) is 12.8 Å². The number of para-hydroxylation sites is 2. The molecule has 1 heterocycles. The van der Waals surface area contributed by atoms with Crippen molar-refractivity contribution in [2.45, 2.75) is 25.3 Å². The maximum atomic E-state index is 5.66. The van der Waals surface area contributed by atoms with Gasteiger partial charge in [0.05, 0.1) is 5.69 Å². The number of aliphatic imine (C=N–C) groups is 1. The zero-order valence-corrected chi connectivity index (χ0v) is 13.7. The van der Waals surface area contributed by atoms with Crippen LogP contribution < -0.4 is 10.2 Å². The van der Waals surface area contributed by atoms with Crippen LogP contribution in [0.15, 0.2) is 65.7 Å². The molecule has 2 aromatic rings. The molecule has 1 N–H and O–H groups in total. The molecule has 0 amide bonds. The van der Waals surface area contributed by atoms with Crippen LogP contribution in [0.25, 0.3) is 0 Å². The van der Waals surface area contributed by atoms with Crippen molar-refractivity contribution in [2.75, 3.05) is 4.90 Å². The number of fused-ring (bicyclic) bond motifs is 1. The SMILES string of the molecule is S=C1N[C@H]2CCC[C@H]2C(=Nc2ccccc2)N1c1ccccc1. The number of benzene rings is 2. The number of hydrogen-bond donors (Lipinski definition) is 1. The van der Waals surface area contributed by atoms with Crippen LogP contribution in [0.3, 0.4) is 0 Å². The van der Waals surface area contributed by atoms with E-state index in [1.807, 2.05) is 48.5 Å². The number of rotatable bonds is 2. The third-order valence-corrected chi connectivity index (χ3v) is 4.90. The Balaban J connectivity index is 1.81. The first-order chi connectivity index (χ1) is 11.3. The average Bonchev–Trinajstić information content (AvgIpc) is 3.05. The van der Waals surface area contributed by atoms with Gasteiger partial charge in [-0.1, -0.05) is 42.8 Å². The lowest BCUT2D eigenvalue weighted by molar-refractivity contribution is 0.539. The molecule has 0 unspecified atom stereocenters. The molecule has 0 aromatic heterocycles. The standard InChI is InChI=1S/C19H19N3S/c23-19-21-17-13-7-12-16(17)18(20-14-8-3-1-4-9-14)22(19)15-10-5-2-6-11-15/h1-6,8-11,16-17H,7,12-13H2,(H,21,23)/t16-,17+/m1/s1. The van der Waals surface area contributed by atoms with Gasteiger partial charge in [-0.25, -0.2) is 4.99 Å². The van der Waals surface area contributed by atoms with Gasteiger partial charge in [0.1, 0.15) is 5.84 Å². The molecule has 1 saturated heterocycles. The molecule has 0 bridgehead atoms. The van der Waals surface area contributed by atoms with Crippen molar-refractivity contribution in [1.29, 1.82) is 0 Å². The highest BCUT2D eigenvalue weighted by Crippen LogP contribution is 2.34. The average molecular weight is 321 g/mol. The van der Waals surface area contributed by atoms with E-state index in [0.29, 0.717) is 12.0 Å². The molecule has 1 aliphatic heterocycles. The van der Waals surface area contributed by atoms with Gasteiger partial charge in [0, 0.05) is 17.6 Å². The van der Waals surface area contributed by atoms with Gasteiger partial charge in [-0.05, 0) is 49.3 Å². The van der Waals surface area contributed by atoms with Crippen molar-refractivity contribution in [3.63, 3.8) is 0 Å². The molecular formula is C19H19N3S. The number of hydrogen-bond acceptors (Lipinski definition) is 2. The fourth-order valence-corrected chi connectivity index (χ4v) is 3.88. The van der Waals surface area contributed by atoms with Crippen LogP contribution in [0, 0.1) is 5.92 Å². The predicted molar refractivity (Wildman–Crippen MR) is 99.3 cm³/mol. The van der Waals surface area contributed by atoms with Crippen molar-refractivity contribution in [1.82, 2.24) is 5.32 Å².